The summed E-state index contributed by atoms with van der Waals surface area (Å²) < 4.78 is 5.39. The number of hydrogen-bond acceptors (Lipinski definition) is 5. The third-order valence-corrected chi connectivity index (χ3v) is 6.22. The first-order valence-electron chi connectivity index (χ1n) is 11.0. The smallest absolute Gasteiger partial charge is 0.324 e. The van der Waals surface area contributed by atoms with Crippen molar-refractivity contribution >= 4 is 23.4 Å². The average molecular weight is 422 g/mol. The van der Waals surface area contributed by atoms with Crippen molar-refractivity contribution < 1.29 is 14.3 Å². The molecule has 0 spiro atoms. The summed E-state index contributed by atoms with van der Waals surface area (Å²) in [4.78, 5) is 34.3. The number of morpholine rings is 1. The van der Waals surface area contributed by atoms with Gasteiger partial charge in [0.05, 0.1) is 24.9 Å². The number of aromatic nitrogens is 1. The molecule has 1 unspecified atom stereocenters. The lowest BCUT2D eigenvalue weighted by Gasteiger charge is -2.30. The van der Waals surface area contributed by atoms with Gasteiger partial charge in [0.2, 0.25) is 0 Å². The van der Waals surface area contributed by atoms with Gasteiger partial charge in [-0.15, -0.1) is 0 Å². The van der Waals surface area contributed by atoms with Crippen LogP contribution in [0.15, 0.2) is 36.4 Å². The van der Waals surface area contributed by atoms with Crippen LogP contribution in [0.4, 0.5) is 16.3 Å². The van der Waals surface area contributed by atoms with E-state index >= 15 is 0 Å². The Hall–Kier alpha value is -2.97. The lowest BCUT2D eigenvalue weighted by molar-refractivity contribution is 0.0337. The first kappa shape index (κ1) is 20.0. The summed E-state index contributed by atoms with van der Waals surface area (Å²) >= 11 is 0. The third kappa shape index (κ3) is 4.13. The molecule has 2 N–H and O–H groups in total. The Morgan fingerprint density at radius 3 is 2.77 bits per heavy atom. The number of urea groups is 1. The van der Waals surface area contributed by atoms with Crippen LogP contribution in [0.2, 0.25) is 0 Å². The van der Waals surface area contributed by atoms with Gasteiger partial charge in [0.1, 0.15) is 5.82 Å². The predicted octanol–water partition coefficient (Wildman–Crippen LogP) is 3.24. The first-order valence-corrected chi connectivity index (χ1v) is 11.0. The van der Waals surface area contributed by atoms with Gasteiger partial charge in [-0.05, 0) is 43.5 Å². The van der Waals surface area contributed by atoms with Crippen LogP contribution >= 0.6 is 0 Å². The van der Waals surface area contributed by atoms with Crippen LogP contribution in [-0.2, 0) is 11.3 Å². The molecule has 1 aromatic carbocycles. The lowest BCUT2D eigenvalue weighted by atomic mass is 9.96. The van der Waals surface area contributed by atoms with Gasteiger partial charge in [-0.1, -0.05) is 12.1 Å². The van der Waals surface area contributed by atoms with Gasteiger partial charge in [0.25, 0.3) is 5.91 Å². The maximum Gasteiger partial charge on any atom is 0.324 e. The van der Waals surface area contributed by atoms with Gasteiger partial charge in [-0.3, -0.25) is 15.0 Å². The van der Waals surface area contributed by atoms with E-state index in [1.807, 2.05) is 35.2 Å². The molecule has 3 aliphatic heterocycles. The van der Waals surface area contributed by atoms with E-state index in [-0.39, 0.29) is 18.0 Å². The molecule has 1 aromatic heterocycles. The maximum atomic E-state index is 12.7. The van der Waals surface area contributed by atoms with Crippen LogP contribution in [0.1, 0.15) is 46.9 Å². The van der Waals surface area contributed by atoms with E-state index in [1.165, 1.54) is 0 Å². The summed E-state index contributed by atoms with van der Waals surface area (Å²) in [6, 6.07) is 10.9. The second kappa shape index (κ2) is 8.64. The highest BCUT2D eigenvalue weighted by molar-refractivity contribution is 6.04. The van der Waals surface area contributed by atoms with Crippen LogP contribution in [0, 0.1) is 0 Å². The topological polar surface area (TPSA) is 86.8 Å². The van der Waals surface area contributed by atoms with Gasteiger partial charge in [0, 0.05) is 43.0 Å². The van der Waals surface area contributed by atoms with Crippen molar-refractivity contribution in [3.63, 3.8) is 0 Å². The van der Waals surface area contributed by atoms with Gasteiger partial charge < -0.3 is 15.0 Å². The average Bonchev–Trinajstić information content (AvgIpc) is 3.08. The number of nitrogens with one attached hydrogen (secondary N) is 2. The standard InChI is InChI=1S/C23H27N5O3/c29-22-17-6-4-7-18(21(17)19-8-1-2-10-28(19)22)25-23(30)26-20-9-3-5-16(24-20)15-27-11-13-31-14-12-27/h3-7,9,19H,1-2,8,10-15H2,(H2,24,25,26,30). The van der Waals surface area contributed by atoms with E-state index in [0.717, 1.165) is 69.9 Å². The number of nitrogens with zero attached hydrogens (tertiary/aromatic N) is 3. The summed E-state index contributed by atoms with van der Waals surface area (Å²) in [5, 5.41) is 5.79. The number of piperidine rings is 1. The molecule has 2 aromatic rings. The number of fused-ring (bicyclic) bond motifs is 3. The molecule has 4 heterocycles. The van der Waals surface area contributed by atoms with Gasteiger partial charge in [-0.25, -0.2) is 9.78 Å². The van der Waals surface area contributed by atoms with Crippen molar-refractivity contribution in [2.45, 2.75) is 31.8 Å². The van der Waals surface area contributed by atoms with Crippen LogP contribution in [-0.4, -0.2) is 59.6 Å². The fraction of sp³-hybridized carbons (Fsp3) is 0.435. The molecule has 8 heteroatoms. The second-order valence-electron chi connectivity index (χ2n) is 8.26. The van der Waals surface area contributed by atoms with E-state index in [0.29, 0.717) is 17.1 Å². The molecular weight excluding hydrogens is 394 g/mol. The van der Waals surface area contributed by atoms with E-state index in [2.05, 4.69) is 20.5 Å². The third-order valence-electron chi connectivity index (χ3n) is 6.22. The Morgan fingerprint density at radius 1 is 1.06 bits per heavy atom. The van der Waals surface area contributed by atoms with Crippen LogP contribution in [0.5, 0.6) is 0 Å². The minimum Gasteiger partial charge on any atom is -0.379 e. The zero-order valence-corrected chi connectivity index (χ0v) is 17.5. The van der Waals surface area contributed by atoms with Gasteiger partial charge >= 0.3 is 6.03 Å². The molecule has 2 fully saturated rings. The minimum atomic E-state index is -0.355. The molecule has 8 nitrogen and oxygen atoms in total. The highest BCUT2D eigenvalue weighted by atomic mass is 16.5. The molecule has 0 bridgehead atoms. The normalized spacial score (nSPS) is 20.8. The van der Waals surface area contributed by atoms with Crippen molar-refractivity contribution in [3.8, 4) is 0 Å². The second-order valence-corrected chi connectivity index (χ2v) is 8.26. The number of carbonyl (C=O) groups excluding carboxylic acids is 2. The monoisotopic (exact) mass is 421 g/mol. The molecule has 5 rings (SSSR count). The summed E-state index contributed by atoms with van der Waals surface area (Å²) in [7, 11) is 0. The van der Waals surface area contributed by atoms with E-state index in [1.54, 1.807) is 6.07 Å². The molecule has 3 aliphatic rings. The number of rotatable bonds is 4. The van der Waals surface area contributed by atoms with Crippen molar-refractivity contribution in [1.29, 1.82) is 0 Å². The fourth-order valence-corrected chi connectivity index (χ4v) is 4.74. The summed E-state index contributed by atoms with van der Waals surface area (Å²) in [6.45, 7) is 4.76. The van der Waals surface area contributed by atoms with Crippen molar-refractivity contribution in [1.82, 2.24) is 14.8 Å². The van der Waals surface area contributed by atoms with Gasteiger partial charge in [-0.2, -0.15) is 0 Å². The summed E-state index contributed by atoms with van der Waals surface area (Å²) in [6.07, 6.45) is 3.06. The highest BCUT2D eigenvalue weighted by Gasteiger charge is 2.39. The summed E-state index contributed by atoms with van der Waals surface area (Å²) in [5.74, 6) is 0.576. The maximum absolute atomic E-state index is 12.7. The fourth-order valence-electron chi connectivity index (χ4n) is 4.74. The quantitative estimate of drug-likeness (QED) is 0.792. The minimum absolute atomic E-state index is 0.0581. The Bertz CT molecular complexity index is 989. The molecular formula is C23H27N5O3. The van der Waals surface area contributed by atoms with Crippen molar-refractivity contribution in [2.75, 3.05) is 43.5 Å². The molecule has 0 saturated carbocycles. The molecule has 162 valence electrons. The Morgan fingerprint density at radius 2 is 1.90 bits per heavy atom. The van der Waals surface area contributed by atoms with Crippen molar-refractivity contribution in [2.24, 2.45) is 0 Å². The number of pyridine rings is 1. The Kier molecular flexibility index (Phi) is 5.57. The molecule has 0 radical (unpaired) electrons. The lowest BCUT2D eigenvalue weighted by Crippen LogP contribution is -2.35. The number of amides is 3. The zero-order chi connectivity index (χ0) is 21.2. The predicted molar refractivity (Wildman–Crippen MR) is 117 cm³/mol. The number of anilines is 2. The van der Waals surface area contributed by atoms with Crippen molar-refractivity contribution in [3.05, 3.63) is 53.2 Å². The van der Waals surface area contributed by atoms with E-state index < -0.39 is 0 Å². The number of carbonyl (C=O) groups is 2. The molecule has 31 heavy (non-hydrogen) atoms. The SMILES string of the molecule is O=C(Nc1cccc(CN2CCOCC2)n1)Nc1cccc2c1C1CCCCN1C2=O. The summed E-state index contributed by atoms with van der Waals surface area (Å²) in [5.41, 5.74) is 3.25. The zero-order valence-electron chi connectivity index (χ0n) is 17.5. The number of ether oxygens (including phenoxy) is 1. The molecule has 1 atom stereocenters. The van der Waals surface area contributed by atoms with Crippen LogP contribution in [0.3, 0.4) is 0 Å². The van der Waals surface area contributed by atoms with Crippen LogP contribution < -0.4 is 10.6 Å². The van der Waals surface area contributed by atoms with Crippen LogP contribution in [0.25, 0.3) is 0 Å². The first-order chi connectivity index (χ1) is 15.2. The highest BCUT2D eigenvalue weighted by Crippen LogP contribution is 2.43. The molecule has 3 amide bonds. The molecule has 2 saturated heterocycles. The Balaban J connectivity index is 1.28. The van der Waals surface area contributed by atoms with E-state index in [4.69, 9.17) is 4.74 Å². The van der Waals surface area contributed by atoms with Gasteiger partial charge in [0.15, 0.2) is 0 Å². The number of benzene rings is 1. The van der Waals surface area contributed by atoms with E-state index in [9.17, 15) is 9.59 Å². The Labute approximate surface area is 181 Å². The number of hydrogen-bond donors (Lipinski definition) is 2. The largest absolute Gasteiger partial charge is 0.379 e. The molecule has 0 aliphatic carbocycles.